The first kappa shape index (κ1) is 15.2. The van der Waals surface area contributed by atoms with Gasteiger partial charge < -0.3 is 14.6 Å². The molecular formula is C19H18O4. The van der Waals surface area contributed by atoms with Gasteiger partial charge in [-0.25, -0.2) is 0 Å². The second-order valence-electron chi connectivity index (χ2n) is 6.64. The van der Waals surface area contributed by atoms with Crippen molar-refractivity contribution in [3.63, 3.8) is 0 Å². The van der Waals surface area contributed by atoms with Crippen LogP contribution in [0.2, 0.25) is 0 Å². The predicted molar refractivity (Wildman–Crippen MR) is 89.9 cm³/mol. The van der Waals surface area contributed by atoms with E-state index in [1.165, 1.54) is 18.2 Å². The molecule has 1 heterocycles. The summed E-state index contributed by atoms with van der Waals surface area (Å²) in [6.45, 7) is 6.07. The highest BCUT2D eigenvalue weighted by atomic mass is 16.3. The first-order valence-electron chi connectivity index (χ1n) is 7.36. The third kappa shape index (κ3) is 2.80. The van der Waals surface area contributed by atoms with Gasteiger partial charge in [0.25, 0.3) is 0 Å². The topological polar surface area (TPSA) is 70.7 Å². The van der Waals surface area contributed by atoms with Gasteiger partial charge in [-0.1, -0.05) is 20.8 Å². The van der Waals surface area contributed by atoms with E-state index in [-0.39, 0.29) is 22.3 Å². The van der Waals surface area contributed by atoms with Gasteiger partial charge in [-0.3, -0.25) is 4.79 Å². The largest absolute Gasteiger partial charge is 0.508 e. The number of rotatable bonds is 1. The zero-order valence-corrected chi connectivity index (χ0v) is 13.3. The van der Waals surface area contributed by atoms with Crippen LogP contribution in [0.3, 0.4) is 0 Å². The van der Waals surface area contributed by atoms with Crippen molar-refractivity contribution in [3.8, 4) is 22.8 Å². The van der Waals surface area contributed by atoms with Crippen molar-refractivity contribution in [2.24, 2.45) is 0 Å². The Labute approximate surface area is 133 Å². The molecule has 0 saturated carbocycles. The fraction of sp³-hybridized carbons (Fsp3) is 0.211. The van der Waals surface area contributed by atoms with Gasteiger partial charge in [0, 0.05) is 17.7 Å². The van der Waals surface area contributed by atoms with Crippen LogP contribution in [0.25, 0.3) is 22.3 Å². The normalized spacial score (nSPS) is 11.8. The van der Waals surface area contributed by atoms with Crippen molar-refractivity contribution >= 4 is 11.0 Å². The standard InChI is InChI=1S/C19H18O4/c1-19(2,3)15-8-11(20)4-6-13(15)18-10-16(22)14-7-5-12(21)9-17(14)23-18/h4-10,20-21H,1-3H3. The maximum absolute atomic E-state index is 12.3. The molecule has 23 heavy (non-hydrogen) atoms. The molecule has 4 heteroatoms. The summed E-state index contributed by atoms with van der Waals surface area (Å²) in [5.74, 6) is 0.622. The molecule has 0 unspecified atom stereocenters. The molecule has 0 atom stereocenters. The zero-order valence-electron chi connectivity index (χ0n) is 13.3. The SMILES string of the molecule is CC(C)(C)c1cc(O)ccc1-c1cc(=O)c2ccc(O)cc2o1. The van der Waals surface area contributed by atoms with Gasteiger partial charge in [-0.15, -0.1) is 0 Å². The van der Waals surface area contributed by atoms with Gasteiger partial charge in [0.2, 0.25) is 0 Å². The van der Waals surface area contributed by atoms with E-state index in [4.69, 9.17) is 4.42 Å². The van der Waals surface area contributed by atoms with E-state index in [1.54, 1.807) is 24.3 Å². The number of benzene rings is 2. The Balaban J connectivity index is 2.31. The van der Waals surface area contributed by atoms with Crippen molar-refractivity contribution in [2.45, 2.75) is 26.2 Å². The minimum atomic E-state index is -0.236. The van der Waals surface area contributed by atoms with Crippen LogP contribution >= 0.6 is 0 Å². The molecule has 2 aromatic carbocycles. The highest BCUT2D eigenvalue weighted by molar-refractivity contribution is 5.80. The molecule has 0 aliphatic carbocycles. The summed E-state index contributed by atoms with van der Waals surface area (Å²) in [5.41, 5.74) is 1.55. The van der Waals surface area contributed by atoms with Crippen LogP contribution in [0.4, 0.5) is 0 Å². The summed E-state index contributed by atoms with van der Waals surface area (Å²) in [7, 11) is 0. The van der Waals surface area contributed by atoms with E-state index in [0.717, 1.165) is 11.1 Å². The average molecular weight is 310 g/mol. The molecule has 0 aliphatic rings. The number of phenols is 2. The first-order valence-corrected chi connectivity index (χ1v) is 7.36. The minimum absolute atomic E-state index is 0.0413. The monoisotopic (exact) mass is 310 g/mol. The van der Waals surface area contributed by atoms with E-state index in [9.17, 15) is 15.0 Å². The van der Waals surface area contributed by atoms with Gasteiger partial charge in [-0.05, 0) is 41.3 Å². The van der Waals surface area contributed by atoms with E-state index in [0.29, 0.717) is 16.7 Å². The van der Waals surface area contributed by atoms with E-state index in [1.807, 2.05) is 20.8 Å². The van der Waals surface area contributed by atoms with Crippen LogP contribution < -0.4 is 5.43 Å². The lowest BCUT2D eigenvalue weighted by atomic mass is 9.83. The summed E-state index contributed by atoms with van der Waals surface area (Å²) >= 11 is 0. The first-order chi connectivity index (χ1) is 10.8. The summed E-state index contributed by atoms with van der Waals surface area (Å²) in [4.78, 5) is 12.3. The molecule has 0 aliphatic heterocycles. The Kier molecular flexibility index (Phi) is 3.40. The minimum Gasteiger partial charge on any atom is -0.508 e. The molecule has 1 aromatic heterocycles. The zero-order chi connectivity index (χ0) is 16.8. The van der Waals surface area contributed by atoms with Gasteiger partial charge in [0.1, 0.15) is 22.8 Å². The van der Waals surface area contributed by atoms with Gasteiger partial charge in [-0.2, -0.15) is 0 Å². The molecule has 0 bridgehead atoms. The summed E-state index contributed by atoms with van der Waals surface area (Å²) < 4.78 is 5.84. The molecular weight excluding hydrogens is 292 g/mol. The molecule has 118 valence electrons. The molecule has 0 spiro atoms. The average Bonchev–Trinajstić information content (AvgIpc) is 2.45. The Bertz CT molecular complexity index is 946. The quantitative estimate of drug-likeness (QED) is 0.707. The molecule has 3 aromatic rings. The van der Waals surface area contributed by atoms with E-state index >= 15 is 0 Å². The highest BCUT2D eigenvalue weighted by Crippen LogP contribution is 2.36. The van der Waals surface area contributed by atoms with Crippen LogP contribution in [0.1, 0.15) is 26.3 Å². The van der Waals surface area contributed by atoms with Gasteiger partial charge >= 0.3 is 0 Å². The summed E-state index contributed by atoms with van der Waals surface area (Å²) in [6, 6.07) is 10.9. The van der Waals surface area contributed by atoms with Crippen molar-refractivity contribution in [1.82, 2.24) is 0 Å². The fourth-order valence-electron chi connectivity index (χ4n) is 2.64. The van der Waals surface area contributed by atoms with Crippen LogP contribution in [0, 0.1) is 0 Å². The molecule has 4 nitrogen and oxygen atoms in total. The van der Waals surface area contributed by atoms with Crippen molar-refractivity contribution in [3.05, 3.63) is 58.3 Å². The molecule has 2 N–H and O–H groups in total. The molecule has 0 radical (unpaired) electrons. The molecule has 0 fully saturated rings. The van der Waals surface area contributed by atoms with Crippen LogP contribution in [0.5, 0.6) is 11.5 Å². The van der Waals surface area contributed by atoms with Crippen LogP contribution in [0.15, 0.2) is 51.7 Å². The van der Waals surface area contributed by atoms with Crippen molar-refractivity contribution in [2.75, 3.05) is 0 Å². The summed E-state index contributed by atoms with van der Waals surface area (Å²) in [6.07, 6.45) is 0. The van der Waals surface area contributed by atoms with Crippen molar-refractivity contribution < 1.29 is 14.6 Å². The number of fused-ring (bicyclic) bond motifs is 1. The van der Waals surface area contributed by atoms with Crippen LogP contribution in [-0.4, -0.2) is 10.2 Å². The lowest BCUT2D eigenvalue weighted by molar-refractivity contribution is 0.471. The van der Waals surface area contributed by atoms with E-state index in [2.05, 4.69) is 0 Å². The lowest BCUT2D eigenvalue weighted by Gasteiger charge is -2.22. The predicted octanol–water partition coefficient (Wildman–Crippen LogP) is 4.17. The number of aromatic hydroxyl groups is 2. The highest BCUT2D eigenvalue weighted by Gasteiger charge is 2.21. The van der Waals surface area contributed by atoms with Crippen LogP contribution in [-0.2, 0) is 5.41 Å². The third-order valence-electron chi connectivity index (χ3n) is 3.79. The Morgan fingerprint density at radius 3 is 2.26 bits per heavy atom. The number of phenolic OH excluding ortho intramolecular Hbond substituents is 2. The fourth-order valence-corrected chi connectivity index (χ4v) is 2.64. The van der Waals surface area contributed by atoms with Gasteiger partial charge in [0.05, 0.1) is 5.39 Å². The second-order valence-corrected chi connectivity index (χ2v) is 6.64. The van der Waals surface area contributed by atoms with Crippen molar-refractivity contribution in [1.29, 1.82) is 0 Å². The Morgan fingerprint density at radius 2 is 1.57 bits per heavy atom. The maximum Gasteiger partial charge on any atom is 0.193 e. The molecule has 0 saturated heterocycles. The van der Waals surface area contributed by atoms with E-state index < -0.39 is 0 Å². The molecule has 0 amide bonds. The smallest absolute Gasteiger partial charge is 0.193 e. The molecule has 3 rings (SSSR count). The Hall–Kier alpha value is -2.75. The number of hydrogen-bond donors (Lipinski definition) is 2. The maximum atomic E-state index is 12.3. The lowest BCUT2D eigenvalue weighted by Crippen LogP contribution is -2.13. The third-order valence-corrected chi connectivity index (χ3v) is 3.79. The Morgan fingerprint density at radius 1 is 0.913 bits per heavy atom. The summed E-state index contributed by atoms with van der Waals surface area (Å²) in [5, 5.41) is 19.8. The van der Waals surface area contributed by atoms with Gasteiger partial charge in [0.15, 0.2) is 5.43 Å². The second kappa shape index (κ2) is 5.16. The number of hydrogen-bond acceptors (Lipinski definition) is 4.